The molecule has 0 atom stereocenters. The van der Waals surface area contributed by atoms with Gasteiger partial charge in [-0.15, -0.1) is 0 Å². The van der Waals surface area contributed by atoms with E-state index >= 15 is 0 Å². The smallest absolute Gasteiger partial charge is 0.123 e. The summed E-state index contributed by atoms with van der Waals surface area (Å²) < 4.78 is 26.0. The molecule has 0 nitrogen and oxygen atoms in total. The van der Waals surface area contributed by atoms with Crippen molar-refractivity contribution in [1.82, 2.24) is 0 Å². The van der Waals surface area contributed by atoms with Crippen LogP contribution in [0.2, 0.25) is 0 Å². The third-order valence-electron chi connectivity index (χ3n) is 3.48. The van der Waals surface area contributed by atoms with Gasteiger partial charge in [0.2, 0.25) is 0 Å². The topological polar surface area (TPSA) is 0 Å². The highest BCUT2D eigenvalue weighted by molar-refractivity contribution is 5.67. The van der Waals surface area contributed by atoms with Gasteiger partial charge in [0, 0.05) is 0 Å². The maximum atomic E-state index is 13.1. The van der Waals surface area contributed by atoms with Crippen molar-refractivity contribution in [3.63, 3.8) is 0 Å². The van der Waals surface area contributed by atoms with E-state index in [-0.39, 0.29) is 11.6 Å². The molecule has 3 rings (SSSR count). The van der Waals surface area contributed by atoms with Gasteiger partial charge in [0.15, 0.2) is 0 Å². The first-order valence-electron chi connectivity index (χ1n) is 6.81. The average molecular weight is 280 g/mol. The first kappa shape index (κ1) is 13.5. The second-order valence-corrected chi connectivity index (χ2v) is 4.97. The second kappa shape index (κ2) is 5.88. The lowest BCUT2D eigenvalue weighted by molar-refractivity contribution is 0.627. The zero-order chi connectivity index (χ0) is 14.7. The number of benzene rings is 3. The average Bonchev–Trinajstić information content (AvgIpc) is 2.51. The predicted molar refractivity (Wildman–Crippen MR) is 81.0 cm³/mol. The molecule has 0 aliphatic heterocycles. The first-order chi connectivity index (χ1) is 10.2. The summed E-state index contributed by atoms with van der Waals surface area (Å²) in [6, 6.07) is 21.0. The van der Waals surface area contributed by atoms with Crippen molar-refractivity contribution < 1.29 is 8.78 Å². The molecule has 0 fully saturated rings. The molecule has 104 valence electrons. The minimum Gasteiger partial charge on any atom is -0.207 e. The Kier molecular flexibility index (Phi) is 3.78. The van der Waals surface area contributed by atoms with E-state index in [1.54, 1.807) is 24.3 Å². The summed E-state index contributed by atoms with van der Waals surface area (Å²) in [5, 5.41) is 0. The first-order valence-corrected chi connectivity index (χ1v) is 6.81. The second-order valence-electron chi connectivity index (χ2n) is 4.97. The van der Waals surface area contributed by atoms with E-state index in [9.17, 15) is 8.78 Å². The largest absolute Gasteiger partial charge is 0.207 e. The molecule has 2 heteroatoms. The van der Waals surface area contributed by atoms with Gasteiger partial charge < -0.3 is 0 Å². The third-order valence-corrected chi connectivity index (χ3v) is 3.48. The van der Waals surface area contributed by atoms with Crippen LogP contribution in [-0.2, 0) is 6.42 Å². The van der Waals surface area contributed by atoms with Crippen molar-refractivity contribution >= 4 is 0 Å². The molecule has 0 saturated heterocycles. The summed E-state index contributed by atoms with van der Waals surface area (Å²) in [5.41, 5.74) is 4.23. The molecule has 21 heavy (non-hydrogen) atoms. The Balaban J connectivity index is 1.96. The van der Waals surface area contributed by atoms with Gasteiger partial charge in [0.05, 0.1) is 0 Å². The zero-order valence-corrected chi connectivity index (χ0v) is 11.4. The van der Waals surface area contributed by atoms with Crippen LogP contribution in [0.15, 0.2) is 72.8 Å². The van der Waals surface area contributed by atoms with E-state index < -0.39 is 0 Å². The van der Waals surface area contributed by atoms with Gasteiger partial charge in [-0.1, -0.05) is 48.5 Å². The van der Waals surface area contributed by atoms with E-state index in [1.807, 2.05) is 24.3 Å². The quantitative estimate of drug-likeness (QED) is 0.617. The van der Waals surface area contributed by atoms with E-state index in [0.717, 1.165) is 22.3 Å². The van der Waals surface area contributed by atoms with Gasteiger partial charge in [0.1, 0.15) is 11.6 Å². The standard InChI is InChI=1S/C19H14F2/c20-17-9-5-14(6-10-17)13-16-3-1-2-4-19(16)15-7-11-18(21)12-8-15/h1-12H,13H2. The van der Waals surface area contributed by atoms with Gasteiger partial charge in [0.25, 0.3) is 0 Å². The van der Waals surface area contributed by atoms with Gasteiger partial charge in [-0.25, -0.2) is 8.78 Å². The molecule has 3 aromatic rings. The van der Waals surface area contributed by atoms with Gasteiger partial charge in [-0.2, -0.15) is 0 Å². The van der Waals surface area contributed by atoms with Crippen LogP contribution < -0.4 is 0 Å². The van der Waals surface area contributed by atoms with Crippen LogP contribution in [0.5, 0.6) is 0 Å². The van der Waals surface area contributed by atoms with Crippen LogP contribution in [0.4, 0.5) is 8.78 Å². The normalized spacial score (nSPS) is 10.6. The summed E-state index contributed by atoms with van der Waals surface area (Å²) in [7, 11) is 0. The lowest BCUT2D eigenvalue weighted by Gasteiger charge is -2.10. The fourth-order valence-corrected chi connectivity index (χ4v) is 2.41. The minimum absolute atomic E-state index is 0.231. The van der Waals surface area contributed by atoms with E-state index in [2.05, 4.69) is 0 Å². The highest BCUT2D eigenvalue weighted by Crippen LogP contribution is 2.26. The molecule has 0 aromatic heterocycles. The van der Waals surface area contributed by atoms with Crippen LogP contribution in [0.25, 0.3) is 11.1 Å². The molecular weight excluding hydrogens is 266 g/mol. The third kappa shape index (κ3) is 3.16. The predicted octanol–water partition coefficient (Wildman–Crippen LogP) is 5.22. The molecule has 0 unspecified atom stereocenters. The Hall–Kier alpha value is -2.48. The van der Waals surface area contributed by atoms with Crippen molar-refractivity contribution in [2.45, 2.75) is 6.42 Å². The molecule has 0 aliphatic rings. The van der Waals surface area contributed by atoms with Crippen LogP contribution in [0.3, 0.4) is 0 Å². The Morgan fingerprint density at radius 1 is 0.619 bits per heavy atom. The van der Waals surface area contributed by atoms with Crippen LogP contribution in [0, 0.1) is 11.6 Å². The van der Waals surface area contributed by atoms with Crippen LogP contribution in [0.1, 0.15) is 11.1 Å². The highest BCUT2D eigenvalue weighted by atomic mass is 19.1. The maximum absolute atomic E-state index is 13.1. The highest BCUT2D eigenvalue weighted by Gasteiger charge is 2.06. The summed E-state index contributed by atoms with van der Waals surface area (Å²) in [6.07, 6.45) is 0.716. The molecule has 0 N–H and O–H groups in total. The molecule has 0 saturated carbocycles. The maximum Gasteiger partial charge on any atom is 0.123 e. The molecule has 0 spiro atoms. The lowest BCUT2D eigenvalue weighted by atomic mass is 9.95. The molecule has 0 aliphatic carbocycles. The molecule has 3 aromatic carbocycles. The van der Waals surface area contributed by atoms with Crippen molar-refractivity contribution in [2.75, 3.05) is 0 Å². The Labute approximate surface area is 122 Å². The summed E-state index contributed by atoms with van der Waals surface area (Å²) in [5.74, 6) is -0.472. The SMILES string of the molecule is Fc1ccc(Cc2ccccc2-c2ccc(F)cc2)cc1. The van der Waals surface area contributed by atoms with Gasteiger partial charge >= 0.3 is 0 Å². The number of rotatable bonds is 3. The van der Waals surface area contributed by atoms with Crippen molar-refractivity contribution in [3.05, 3.63) is 95.6 Å². The van der Waals surface area contributed by atoms with Crippen molar-refractivity contribution in [1.29, 1.82) is 0 Å². The van der Waals surface area contributed by atoms with Gasteiger partial charge in [-0.3, -0.25) is 0 Å². The van der Waals surface area contributed by atoms with E-state index in [0.29, 0.717) is 6.42 Å². The van der Waals surface area contributed by atoms with E-state index in [4.69, 9.17) is 0 Å². The zero-order valence-electron chi connectivity index (χ0n) is 11.4. The monoisotopic (exact) mass is 280 g/mol. The Morgan fingerprint density at radius 3 is 1.86 bits per heavy atom. The van der Waals surface area contributed by atoms with Crippen molar-refractivity contribution in [3.8, 4) is 11.1 Å². The minimum atomic E-state index is -0.241. The summed E-state index contributed by atoms with van der Waals surface area (Å²) >= 11 is 0. The molecular formula is C19H14F2. The van der Waals surface area contributed by atoms with Crippen LogP contribution in [-0.4, -0.2) is 0 Å². The lowest BCUT2D eigenvalue weighted by Crippen LogP contribution is -1.92. The summed E-state index contributed by atoms with van der Waals surface area (Å²) in [4.78, 5) is 0. The molecule has 0 heterocycles. The fourth-order valence-electron chi connectivity index (χ4n) is 2.41. The Bertz CT molecular complexity index is 728. The van der Waals surface area contributed by atoms with Gasteiger partial charge in [-0.05, 0) is 52.9 Å². The number of hydrogen-bond acceptors (Lipinski definition) is 0. The summed E-state index contributed by atoms with van der Waals surface area (Å²) in [6.45, 7) is 0. The molecule has 0 amide bonds. The fraction of sp³-hybridized carbons (Fsp3) is 0.0526. The van der Waals surface area contributed by atoms with E-state index in [1.165, 1.54) is 24.3 Å². The molecule has 0 radical (unpaired) electrons. The molecule has 0 bridgehead atoms. The van der Waals surface area contributed by atoms with Crippen molar-refractivity contribution in [2.24, 2.45) is 0 Å². The number of hydrogen-bond donors (Lipinski definition) is 0. The Morgan fingerprint density at radius 2 is 1.19 bits per heavy atom. The number of halogens is 2. The van der Waals surface area contributed by atoms with Crippen LogP contribution >= 0.6 is 0 Å².